The van der Waals surface area contributed by atoms with E-state index in [0.29, 0.717) is 17.4 Å². The van der Waals surface area contributed by atoms with Gasteiger partial charge in [0.2, 0.25) is 0 Å². The molecule has 148 valence electrons. The molecule has 0 bridgehead atoms. The number of carbonyl (C=O) groups is 1. The van der Waals surface area contributed by atoms with E-state index in [-0.39, 0.29) is 23.6 Å². The molecular formula is C19H17F3N2O4. The number of aliphatic hydroxyl groups is 1. The molecule has 0 aliphatic carbocycles. The first-order valence-electron chi connectivity index (χ1n) is 7.99. The highest BCUT2D eigenvalue weighted by Crippen LogP contribution is 2.29. The summed E-state index contributed by atoms with van der Waals surface area (Å²) in [6.45, 7) is 1.36. The SMILES string of the molecule is COC(=O)/C(=C/O)c1ccccc1CO/N=C(\C)c1cc(C(F)(F)F)ccn1. The summed E-state index contributed by atoms with van der Waals surface area (Å²) in [7, 11) is 1.18. The van der Waals surface area contributed by atoms with Crippen LogP contribution in [0.4, 0.5) is 13.2 Å². The molecule has 0 aliphatic heterocycles. The highest BCUT2D eigenvalue weighted by molar-refractivity contribution is 6.16. The third-order valence-electron chi connectivity index (χ3n) is 3.72. The molecule has 1 heterocycles. The monoisotopic (exact) mass is 394 g/mol. The molecule has 1 aromatic heterocycles. The van der Waals surface area contributed by atoms with Crippen LogP contribution < -0.4 is 0 Å². The minimum atomic E-state index is -4.49. The van der Waals surface area contributed by atoms with Crippen LogP contribution in [0, 0.1) is 0 Å². The van der Waals surface area contributed by atoms with Crippen molar-refractivity contribution < 1.29 is 32.6 Å². The molecule has 2 aromatic rings. The Hall–Kier alpha value is -3.36. The fourth-order valence-corrected chi connectivity index (χ4v) is 2.30. The maximum Gasteiger partial charge on any atom is 0.416 e. The van der Waals surface area contributed by atoms with Crippen LogP contribution in [-0.2, 0) is 27.2 Å². The molecule has 0 radical (unpaired) electrons. The molecule has 0 unspecified atom stereocenters. The Morgan fingerprint density at radius 2 is 2.00 bits per heavy atom. The highest BCUT2D eigenvalue weighted by atomic mass is 19.4. The van der Waals surface area contributed by atoms with Crippen LogP contribution in [0.15, 0.2) is 54.0 Å². The standard InChI is InChI=1S/C19H17F3N2O4/c1-12(17-9-14(7-8-23-17)19(20,21)22)24-28-11-13-5-3-4-6-15(13)16(10-25)18(26)27-2/h3-10,25H,11H2,1-2H3/b16-10+,24-12+. The van der Waals surface area contributed by atoms with E-state index in [9.17, 15) is 23.1 Å². The van der Waals surface area contributed by atoms with Gasteiger partial charge in [0, 0.05) is 11.8 Å². The van der Waals surface area contributed by atoms with Crippen LogP contribution in [0.5, 0.6) is 0 Å². The molecule has 0 saturated carbocycles. The number of alkyl halides is 3. The third kappa shape index (κ3) is 5.09. The number of halogens is 3. The molecule has 28 heavy (non-hydrogen) atoms. The second kappa shape index (κ2) is 9.03. The molecule has 6 nitrogen and oxygen atoms in total. The van der Waals surface area contributed by atoms with Crippen LogP contribution in [0.25, 0.3) is 5.57 Å². The predicted molar refractivity (Wildman–Crippen MR) is 95.3 cm³/mol. The van der Waals surface area contributed by atoms with Crippen molar-refractivity contribution in [3.8, 4) is 0 Å². The molecule has 0 spiro atoms. The topological polar surface area (TPSA) is 81.0 Å². The van der Waals surface area contributed by atoms with Crippen molar-refractivity contribution in [2.24, 2.45) is 5.16 Å². The van der Waals surface area contributed by atoms with E-state index >= 15 is 0 Å². The number of aromatic nitrogens is 1. The van der Waals surface area contributed by atoms with Gasteiger partial charge in [-0.3, -0.25) is 4.98 Å². The quantitative estimate of drug-likeness (QED) is 0.262. The lowest BCUT2D eigenvalue weighted by molar-refractivity contribution is -0.137. The molecule has 2 rings (SSSR count). The van der Waals surface area contributed by atoms with Crippen molar-refractivity contribution in [1.82, 2.24) is 4.98 Å². The van der Waals surface area contributed by atoms with Gasteiger partial charge in [0.1, 0.15) is 17.9 Å². The summed E-state index contributed by atoms with van der Waals surface area (Å²) in [5.41, 5.74) is 0.155. The van der Waals surface area contributed by atoms with Crippen molar-refractivity contribution in [3.63, 3.8) is 0 Å². The lowest BCUT2D eigenvalue weighted by atomic mass is 10.0. The molecule has 1 aromatic carbocycles. The van der Waals surface area contributed by atoms with Gasteiger partial charge in [-0.15, -0.1) is 0 Å². The summed E-state index contributed by atoms with van der Waals surface area (Å²) in [6, 6.07) is 8.33. The van der Waals surface area contributed by atoms with Gasteiger partial charge in [-0.1, -0.05) is 29.4 Å². The summed E-state index contributed by atoms with van der Waals surface area (Å²) in [5, 5.41) is 13.1. The van der Waals surface area contributed by atoms with E-state index in [1.54, 1.807) is 24.3 Å². The largest absolute Gasteiger partial charge is 0.515 e. The lowest BCUT2D eigenvalue weighted by Crippen LogP contribution is -2.09. The second-order valence-corrected chi connectivity index (χ2v) is 5.57. The summed E-state index contributed by atoms with van der Waals surface area (Å²) in [5.74, 6) is -0.734. The second-order valence-electron chi connectivity index (χ2n) is 5.57. The zero-order valence-corrected chi connectivity index (χ0v) is 15.0. The number of methoxy groups -OCH3 is 1. The Morgan fingerprint density at radius 3 is 2.64 bits per heavy atom. The van der Waals surface area contributed by atoms with Crippen LogP contribution in [0.1, 0.15) is 29.3 Å². The van der Waals surface area contributed by atoms with Crippen LogP contribution in [0.3, 0.4) is 0 Å². The van der Waals surface area contributed by atoms with E-state index < -0.39 is 17.7 Å². The first kappa shape index (κ1) is 20.9. The van der Waals surface area contributed by atoms with Gasteiger partial charge in [-0.2, -0.15) is 13.2 Å². The molecule has 0 fully saturated rings. The Kier molecular flexibility index (Phi) is 6.75. The molecule has 1 N–H and O–H groups in total. The fourth-order valence-electron chi connectivity index (χ4n) is 2.30. The first-order chi connectivity index (χ1) is 13.3. The lowest BCUT2D eigenvalue weighted by Gasteiger charge is -2.10. The average Bonchev–Trinajstić information content (AvgIpc) is 2.68. The molecule has 0 saturated heterocycles. The minimum absolute atomic E-state index is 0.0219. The van der Waals surface area contributed by atoms with E-state index in [2.05, 4.69) is 14.9 Å². The number of pyridine rings is 1. The van der Waals surface area contributed by atoms with Gasteiger partial charge in [0.25, 0.3) is 0 Å². The predicted octanol–water partition coefficient (Wildman–Crippen LogP) is 4.11. The van der Waals surface area contributed by atoms with Crippen LogP contribution in [0.2, 0.25) is 0 Å². The van der Waals surface area contributed by atoms with Gasteiger partial charge >= 0.3 is 12.1 Å². The van der Waals surface area contributed by atoms with Gasteiger partial charge in [-0.25, -0.2) is 4.79 Å². The van der Waals surface area contributed by atoms with E-state index in [4.69, 9.17) is 4.84 Å². The molecule has 0 atom stereocenters. The summed E-state index contributed by atoms with van der Waals surface area (Å²) >= 11 is 0. The van der Waals surface area contributed by atoms with E-state index in [1.807, 2.05) is 0 Å². The first-order valence-corrected chi connectivity index (χ1v) is 7.99. The molecular weight excluding hydrogens is 377 g/mol. The molecule has 0 amide bonds. The number of nitrogens with zero attached hydrogens (tertiary/aromatic N) is 2. The number of hydrogen-bond acceptors (Lipinski definition) is 6. The van der Waals surface area contributed by atoms with Crippen LogP contribution in [-0.4, -0.2) is 28.9 Å². The maximum atomic E-state index is 12.8. The van der Waals surface area contributed by atoms with Crippen molar-refractivity contribution in [3.05, 3.63) is 71.2 Å². The fraction of sp³-hybridized carbons (Fsp3) is 0.211. The number of oxime groups is 1. The normalized spacial score (nSPS) is 12.6. The maximum absolute atomic E-state index is 12.8. The molecule has 9 heteroatoms. The Morgan fingerprint density at radius 1 is 1.29 bits per heavy atom. The number of esters is 1. The Labute approximate surface area is 158 Å². The van der Waals surface area contributed by atoms with E-state index in [0.717, 1.165) is 18.3 Å². The average molecular weight is 394 g/mol. The summed E-state index contributed by atoms with van der Waals surface area (Å²) in [4.78, 5) is 20.8. The number of aliphatic hydroxyl groups excluding tert-OH is 1. The van der Waals surface area contributed by atoms with Crippen molar-refractivity contribution in [1.29, 1.82) is 0 Å². The zero-order valence-electron chi connectivity index (χ0n) is 15.0. The van der Waals surface area contributed by atoms with Crippen molar-refractivity contribution >= 4 is 17.3 Å². The Balaban J connectivity index is 2.18. The highest BCUT2D eigenvalue weighted by Gasteiger charge is 2.30. The smallest absolute Gasteiger partial charge is 0.416 e. The number of rotatable bonds is 6. The number of benzene rings is 1. The summed E-state index contributed by atoms with van der Waals surface area (Å²) in [6.07, 6.45) is -2.81. The summed E-state index contributed by atoms with van der Waals surface area (Å²) < 4.78 is 43.0. The molecule has 0 aliphatic rings. The van der Waals surface area contributed by atoms with Gasteiger partial charge < -0.3 is 14.7 Å². The minimum Gasteiger partial charge on any atom is -0.515 e. The Bertz CT molecular complexity index is 908. The third-order valence-corrected chi connectivity index (χ3v) is 3.72. The van der Waals surface area contributed by atoms with Crippen LogP contribution >= 0.6 is 0 Å². The zero-order chi connectivity index (χ0) is 20.7. The number of carbonyl (C=O) groups excluding carboxylic acids is 1. The van der Waals surface area contributed by atoms with Gasteiger partial charge in [0.15, 0.2) is 0 Å². The van der Waals surface area contributed by atoms with E-state index in [1.165, 1.54) is 14.0 Å². The van der Waals surface area contributed by atoms with Gasteiger partial charge in [-0.05, 0) is 24.6 Å². The number of ether oxygens (including phenoxy) is 1. The van der Waals surface area contributed by atoms with Crippen molar-refractivity contribution in [2.45, 2.75) is 19.7 Å². The number of hydrogen-bond donors (Lipinski definition) is 1. The van der Waals surface area contributed by atoms with Gasteiger partial charge in [0.05, 0.1) is 24.6 Å². The van der Waals surface area contributed by atoms with Crippen molar-refractivity contribution in [2.75, 3.05) is 7.11 Å².